The Hall–Kier alpha value is -2.64. The van der Waals surface area contributed by atoms with E-state index in [9.17, 15) is 19.7 Å². The number of nitrogens with zero attached hydrogens (tertiary/aromatic N) is 2. The third kappa shape index (κ3) is 3.91. The molecule has 21 heavy (non-hydrogen) atoms. The fourth-order valence-electron chi connectivity index (χ4n) is 1.75. The number of rotatable bonds is 6. The van der Waals surface area contributed by atoms with Crippen molar-refractivity contribution in [2.45, 2.75) is 19.9 Å². The van der Waals surface area contributed by atoms with Gasteiger partial charge in [0.1, 0.15) is 11.6 Å². The van der Waals surface area contributed by atoms with Crippen LogP contribution in [0.25, 0.3) is 0 Å². The molecule has 0 aromatic heterocycles. The summed E-state index contributed by atoms with van der Waals surface area (Å²) in [6, 6.07) is 3.07. The molecule has 2 N–H and O–H groups in total. The van der Waals surface area contributed by atoms with E-state index in [2.05, 4.69) is 5.32 Å². The van der Waals surface area contributed by atoms with Crippen LogP contribution in [-0.4, -0.2) is 46.4 Å². The van der Waals surface area contributed by atoms with E-state index in [0.717, 1.165) is 12.1 Å². The maximum atomic E-state index is 11.9. The molecule has 0 radical (unpaired) electrons. The molecular formula is C13H17N3O5. The molecule has 0 aliphatic carbocycles. The number of carbonyl (C=O) groups is 2. The number of benzene rings is 1. The molecule has 0 aliphatic heterocycles. The third-order valence-electron chi connectivity index (χ3n) is 3.03. The number of carboxylic acids is 1. The van der Waals surface area contributed by atoms with Gasteiger partial charge in [0, 0.05) is 25.3 Å². The monoisotopic (exact) mass is 295 g/mol. The van der Waals surface area contributed by atoms with Crippen molar-refractivity contribution in [3.05, 3.63) is 33.9 Å². The summed E-state index contributed by atoms with van der Waals surface area (Å²) >= 11 is 0. The van der Waals surface area contributed by atoms with Crippen LogP contribution in [0.4, 0.5) is 11.4 Å². The molecule has 1 amide bonds. The molecule has 0 heterocycles. The predicted molar refractivity (Wildman–Crippen MR) is 76.5 cm³/mol. The summed E-state index contributed by atoms with van der Waals surface area (Å²) in [5, 5.41) is 22.6. The Kier molecular flexibility index (Phi) is 5.23. The van der Waals surface area contributed by atoms with Gasteiger partial charge in [0.2, 0.25) is 5.91 Å². The van der Waals surface area contributed by atoms with Crippen LogP contribution in [0.5, 0.6) is 0 Å². The van der Waals surface area contributed by atoms with E-state index in [-0.39, 0.29) is 5.91 Å². The maximum absolute atomic E-state index is 11.9. The molecule has 0 aliphatic rings. The zero-order valence-electron chi connectivity index (χ0n) is 12.0. The lowest BCUT2D eigenvalue weighted by Crippen LogP contribution is -2.38. The van der Waals surface area contributed by atoms with Gasteiger partial charge in [0.05, 0.1) is 4.92 Å². The van der Waals surface area contributed by atoms with Crippen LogP contribution in [0.15, 0.2) is 18.2 Å². The third-order valence-corrected chi connectivity index (χ3v) is 3.03. The van der Waals surface area contributed by atoms with E-state index in [1.165, 1.54) is 11.0 Å². The Morgan fingerprint density at radius 3 is 2.57 bits per heavy atom. The highest BCUT2D eigenvalue weighted by Gasteiger charge is 2.22. The second-order valence-corrected chi connectivity index (χ2v) is 4.51. The summed E-state index contributed by atoms with van der Waals surface area (Å²) in [5.74, 6) is -1.54. The minimum atomic E-state index is -1.37. The number of nitro groups is 1. The fraction of sp³-hybridized carbons (Fsp3) is 0.385. The van der Waals surface area contributed by atoms with Gasteiger partial charge in [-0.25, -0.2) is 4.79 Å². The van der Waals surface area contributed by atoms with Crippen molar-refractivity contribution in [1.29, 1.82) is 0 Å². The minimum absolute atomic E-state index is 0.164. The largest absolute Gasteiger partial charge is 0.477 e. The maximum Gasteiger partial charge on any atom is 0.342 e. The number of anilines is 1. The highest BCUT2D eigenvalue weighted by atomic mass is 16.6. The summed E-state index contributed by atoms with van der Waals surface area (Å²) in [7, 11) is 1.65. The van der Waals surface area contributed by atoms with Gasteiger partial charge in [-0.05, 0) is 26.0 Å². The van der Waals surface area contributed by atoms with Crippen molar-refractivity contribution in [1.82, 2.24) is 4.90 Å². The number of carboxylic acid groups (broad SMARTS) is 1. The summed E-state index contributed by atoms with van der Waals surface area (Å²) in [6.07, 6.45) is 0. The van der Waals surface area contributed by atoms with Gasteiger partial charge in [-0.2, -0.15) is 0 Å². The van der Waals surface area contributed by atoms with Crippen LogP contribution in [0.1, 0.15) is 24.2 Å². The average Bonchev–Trinajstić information content (AvgIpc) is 2.44. The number of hydrogen-bond acceptors (Lipinski definition) is 5. The van der Waals surface area contributed by atoms with Crippen LogP contribution < -0.4 is 5.32 Å². The zero-order chi connectivity index (χ0) is 16.2. The molecule has 1 unspecified atom stereocenters. The lowest BCUT2D eigenvalue weighted by molar-refractivity contribution is -0.385. The quantitative estimate of drug-likeness (QED) is 0.608. The Labute approximate surface area is 121 Å². The Morgan fingerprint density at radius 1 is 1.48 bits per heavy atom. The van der Waals surface area contributed by atoms with Gasteiger partial charge < -0.3 is 15.3 Å². The first-order chi connectivity index (χ1) is 9.77. The summed E-state index contributed by atoms with van der Waals surface area (Å²) < 4.78 is 0. The van der Waals surface area contributed by atoms with E-state index in [0.29, 0.717) is 12.2 Å². The molecule has 0 fully saturated rings. The highest BCUT2D eigenvalue weighted by molar-refractivity contribution is 5.93. The molecule has 0 saturated heterocycles. The van der Waals surface area contributed by atoms with E-state index >= 15 is 0 Å². The summed E-state index contributed by atoms with van der Waals surface area (Å²) in [4.78, 5) is 34.5. The molecule has 8 heteroatoms. The second kappa shape index (κ2) is 6.69. The van der Waals surface area contributed by atoms with Gasteiger partial charge in [0.25, 0.3) is 5.69 Å². The van der Waals surface area contributed by atoms with Gasteiger partial charge in [-0.1, -0.05) is 0 Å². The molecule has 1 aromatic carbocycles. The number of amides is 1. The van der Waals surface area contributed by atoms with Gasteiger partial charge in [-0.3, -0.25) is 14.9 Å². The number of carbonyl (C=O) groups excluding carboxylic acids is 1. The molecule has 1 atom stereocenters. The first-order valence-electron chi connectivity index (χ1n) is 6.31. The van der Waals surface area contributed by atoms with Crippen LogP contribution in [0.3, 0.4) is 0 Å². The average molecular weight is 295 g/mol. The number of nitrogens with one attached hydrogen (secondary N) is 1. The van der Waals surface area contributed by atoms with E-state index in [1.54, 1.807) is 14.0 Å². The fourth-order valence-corrected chi connectivity index (χ4v) is 1.75. The lowest BCUT2D eigenvalue weighted by atomic mass is 10.1. The molecule has 8 nitrogen and oxygen atoms in total. The van der Waals surface area contributed by atoms with Crippen LogP contribution in [0.2, 0.25) is 0 Å². The minimum Gasteiger partial charge on any atom is -0.477 e. The summed E-state index contributed by atoms with van der Waals surface area (Å²) in [5.41, 5.74) is -0.594. The zero-order valence-corrected chi connectivity index (χ0v) is 12.0. The second-order valence-electron chi connectivity index (χ2n) is 4.51. The van der Waals surface area contributed by atoms with Crippen molar-refractivity contribution < 1.29 is 19.6 Å². The summed E-state index contributed by atoms with van der Waals surface area (Å²) in [6.45, 7) is 4.01. The smallest absolute Gasteiger partial charge is 0.342 e. The van der Waals surface area contributed by atoms with Crippen LogP contribution >= 0.6 is 0 Å². The van der Waals surface area contributed by atoms with Crippen molar-refractivity contribution >= 4 is 23.3 Å². The molecule has 1 aromatic rings. The van der Waals surface area contributed by atoms with Gasteiger partial charge in [-0.15, -0.1) is 0 Å². The Bertz CT molecular complexity index is 573. The molecule has 0 bridgehead atoms. The topological polar surface area (TPSA) is 113 Å². The first kappa shape index (κ1) is 16.4. The molecule has 1 rings (SSSR count). The number of hydrogen-bond donors (Lipinski definition) is 2. The normalized spacial score (nSPS) is 11.6. The Morgan fingerprint density at radius 2 is 2.10 bits per heavy atom. The molecular weight excluding hydrogens is 278 g/mol. The number of likely N-dealkylation sites (N-methyl/N-ethyl adjacent to an activating group) is 1. The first-order valence-corrected chi connectivity index (χ1v) is 6.31. The predicted octanol–water partition coefficient (Wildman–Crippen LogP) is 1.57. The van der Waals surface area contributed by atoms with Crippen molar-refractivity contribution in [3.8, 4) is 0 Å². The van der Waals surface area contributed by atoms with Crippen molar-refractivity contribution in [2.24, 2.45) is 0 Å². The highest BCUT2D eigenvalue weighted by Crippen LogP contribution is 2.23. The van der Waals surface area contributed by atoms with Gasteiger partial charge in [0.15, 0.2) is 0 Å². The van der Waals surface area contributed by atoms with E-state index < -0.39 is 28.2 Å². The van der Waals surface area contributed by atoms with E-state index in [1.807, 2.05) is 6.92 Å². The van der Waals surface area contributed by atoms with E-state index in [4.69, 9.17) is 5.11 Å². The number of aromatic carboxylic acids is 1. The van der Waals surface area contributed by atoms with Gasteiger partial charge >= 0.3 is 5.97 Å². The standard InChI is InChI=1S/C13H17N3O5/c1-4-15(3)12(17)8(2)14-9-5-6-10(13(18)19)11(7-9)16(20)21/h5-8,14H,4H2,1-3H3,(H,18,19). The van der Waals surface area contributed by atoms with Crippen molar-refractivity contribution in [3.63, 3.8) is 0 Å². The molecule has 114 valence electrons. The van der Waals surface area contributed by atoms with Crippen LogP contribution in [-0.2, 0) is 4.79 Å². The molecule has 0 spiro atoms. The number of nitro benzene ring substituents is 1. The van der Waals surface area contributed by atoms with Crippen molar-refractivity contribution in [2.75, 3.05) is 18.9 Å². The Balaban J connectivity index is 3.00. The van der Waals surface area contributed by atoms with Crippen LogP contribution in [0, 0.1) is 10.1 Å². The SMILES string of the molecule is CCN(C)C(=O)C(C)Nc1ccc(C(=O)O)c([N+](=O)[O-])c1. The molecule has 0 saturated carbocycles. The lowest BCUT2D eigenvalue weighted by Gasteiger charge is -2.21.